The van der Waals surface area contributed by atoms with Gasteiger partial charge in [0.05, 0.1) is 11.5 Å². The van der Waals surface area contributed by atoms with Crippen LogP contribution in [0.3, 0.4) is 0 Å². The van der Waals surface area contributed by atoms with Crippen LogP contribution in [0, 0.1) is 5.92 Å². The van der Waals surface area contributed by atoms with Crippen LogP contribution < -0.4 is 0 Å². The molecule has 1 aliphatic heterocycles. The number of hydrogen-bond donors (Lipinski definition) is 1. The lowest BCUT2D eigenvalue weighted by Crippen LogP contribution is -2.25. The van der Waals surface area contributed by atoms with Gasteiger partial charge in [-0.3, -0.25) is 4.79 Å². The first kappa shape index (κ1) is 17.3. The third-order valence-electron chi connectivity index (χ3n) is 3.92. The van der Waals surface area contributed by atoms with Gasteiger partial charge in [0.1, 0.15) is 5.82 Å². The van der Waals surface area contributed by atoms with Crippen molar-refractivity contribution in [1.29, 1.82) is 0 Å². The first-order chi connectivity index (χ1) is 10.4. The van der Waals surface area contributed by atoms with Crippen LogP contribution in [0.4, 0.5) is 13.2 Å². The van der Waals surface area contributed by atoms with Crippen molar-refractivity contribution in [3.8, 4) is 11.4 Å². The van der Waals surface area contributed by atoms with Crippen LogP contribution in [0.25, 0.3) is 11.4 Å². The molecular weight excluding hydrogens is 333 g/mol. The molecule has 0 amide bonds. The first-order valence-electron chi connectivity index (χ1n) is 6.81. The quantitative estimate of drug-likeness (QED) is 0.903. The average Bonchev–Trinajstić information content (AvgIpc) is 2.89. The van der Waals surface area contributed by atoms with Crippen LogP contribution in [-0.4, -0.2) is 20.6 Å². The summed E-state index contributed by atoms with van der Waals surface area (Å²) in [6.07, 6.45) is -2.31. The molecule has 2 aromatic rings. The summed E-state index contributed by atoms with van der Waals surface area (Å²) in [6, 6.07) is 5.30. The fraction of sp³-hybridized carbons (Fsp3) is 0.333. The Hall–Kier alpha value is -2.02. The third-order valence-corrected chi connectivity index (χ3v) is 3.92. The molecule has 2 heterocycles. The summed E-state index contributed by atoms with van der Waals surface area (Å²) in [5, 5.41) is 9.06. The van der Waals surface area contributed by atoms with E-state index in [0.29, 0.717) is 18.7 Å². The number of carboxylic acids is 1. The SMILES string of the molecule is Cl.O=C(O)C1CCn2c(cnc2-c2ccccc2C(F)(F)F)C1. The van der Waals surface area contributed by atoms with E-state index >= 15 is 0 Å². The van der Waals surface area contributed by atoms with E-state index in [0.717, 1.165) is 6.07 Å². The largest absolute Gasteiger partial charge is 0.481 e. The van der Waals surface area contributed by atoms with E-state index in [2.05, 4.69) is 4.98 Å². The second-order valence-electron chi connectivity index (χ2n) is 5.30. The predicted molar refractivity (Wildman–Crippen MR) is 79.4 cm³/mol. The summed E-state index contributed by atoms with van der Waals surface area (Å²) in [4.78, 5) is 15.2. The molecule has 1 aromatic carbocycles. The lowest BCUT2D eigenvalue weighted by Gasteiger charge is -2.22. The zero-order valence-electron chi connectivity index (χ0n) is 11.9. The minimum absolute atomic E-state index is 0. The van der Waals surface area contributed by atoms with Crippen LogP contribution in [0.2, 0.25) is 0 Å². The maximum Gasteiger partial charge on any atom is 0.417 e. The summed E-state index contributed by atoms with van der Waals surface area (Å²) < 4.78 is 41.1. The Morgan fingerprint density at radius 2 is 2.00 bits per heavy atom. The van der Waals surface area contributed by atoms with E-state index in [1.807, 2.05) is 0 Å². The lowest BCUT2D eigenvalue weighted by molar-refractivity contribution is -0.142. The number of carboxylic acid groups (broad SMARTS) is 1. The third kappa shape index (κ3) is 3.19. The average molecular weight is 347 g/mol. The zero-order valence-corrected chi connectivity index (χ0v) is 12.7. The number of halogens is 4. The summed E-state index contributed by atoms with van der Waals surface area (Å²) in [6.45, 7) is 0.355. The van der Waals surface area contributed by atoms with Gasteiger partial charge in [-0.05, 0) is 12.5 Å². The fourth-order valence-corrected chi connectivity index (χ4v) is 2.81. The van der Waals surface area contributed by atoms with Crippen molar-refractivity contribution in [2.24, 2.45) is 5.92 Å². The Bertz CT molecular complexity index is 728. The fourth-order valence-electron chi connectivity index (χ4n) is 2.81. The Balaban J connectivity index is 0.00000192. The monoisotopic (exact) mass is 346 g/mol. The van der Waals surface area contributed by atoms with Gasteiger partial charge in [0, 0.05) is 30.4 Å². The number of alkyl halides is 3. The summed E-state index contributed by atoms with van der Waals surface area (Å²) >= 11 is 0. The molecule has 124 valence electrons. The van der Waals surface area contributed by atoms with Crippen LogP contribution >= 0.6 is 12.4 Å². The van der Waals surface area contributed by atoms with Crippen molar-refractivity contribution in [1.82, 2.24) is 9.55 Å². The number of imidazole rings is 1. The molecular formula is C15H14ClF3N2O2. The zero-order chi connectivity index (χ0) is 15.9. The maximum atomic E-state index is 13.1. The van der Waals surface area contributed by atoms with Gasteiger partial charge in [-0.25, -0.2) is 4.98 Å². The number of benzene rings is 1. The van der Waals surface area contributed by atoms with Gasteiger partial charge in [-0.15, -0.1) is 12.4 Å². The van der Waals surface area contributed by atoms with E-state index in [-0.39, 0.29) is 30.2 Å². The molecule has 1 atom stereocenters. The molecule has 0 spiro atoms. The number of hydrogen-bond acceptors (Lipinski definition) is 2. The Labute approximate surface area is 136 Å². The number of nitrogens with zero attached hydrogens (tertiary/aromatic N) is 2. The molecule has 0 aliphatic carbocycles. The predicted octanol–water partition coefficient (Wildman–Crippen LogP) is 3.64. The normalized spacial score (nSPS) is 17.3. The van der Waals surface area contributed by atoms with Crippen LogP contribution in [0.1, 0.15) is 17.7 Å². The van der Waals surface area contributed by atoms with Crippen molar-refractivity contribution in [2.75, 3.05) is 0 Å². The molecule has 0 saturated heterocycles. The van der Waals surface area contributed by atoms with Gasteiger partial charge in [0.2, 0.25) is 0 Å². The van der Waals surface area contributed by atoms with Gasteiger partial charge < -0.3 is 9.67 Å². The van der Waals surface area contributed by atoms with E-state index < -0.39 is 23.6 Å². The standard InChI is InChI=1S/C15H13F3N2O2.ClH/c16-15(17,18)12-4-2-1-3-11(12)13-19-8-10-7-9(14(21)22)5-6-20(10)13;/h1-4,8-9H,5-7H2,(H,21,22);1H. The van der Waals surface area contributed by atoms with Gasteiger partial charge in [-0.1, -0.05) is 18.2 Å². The topological polar surface area (TPSA) is 55.1 Å². The van der Waals surface area contributed by atoms with Crippen molar-refractivity contribution in [3.05, 3.63) is 41.7 Å². The highest BCUT2D eigenvalue weighted by Gasteiger charge is 2.35. The van der Waals surface area contributed by atoms with Crippen LogP contribution in [-0.2, 0) is 23.9 Å². The van der Waals surface area contributed by atoms with Crippen molar-refractivity contribution >= 4 is 18.4 Å². The first-order valence-corrected chi connectivity index (χ1v) is 6.81. The van der Waals surface area contributed by atoms with Crippen molar-refractivity contribution in [3.63, 3.8) is 0 Å². The molecule has 1 aromatic heterocycles. The second kappa shape index (κ2) is 6.23. The van der Waals surface area contributed by atoms with Gasteiger partial charge >= 0.3 is 12.1 Å². The smallest absolute Gasteiger partial charge is 0.417 e. The molecule has 1 aliphatic rings. The van der Waals surface area contributed by atoms with E-state index in [1.165, 1.54) is 24.4 Å². The molecule has 1 unspecified atom stereocenters. The van der Waals surface area contributed by atoms with Gasteiger partial charge in [0.25, 0.3) is 0 Å². The minimum Gasteiger partial charge on any atom is -0.481 e. The van der Waals surface area contributed by atoms with Crippen molar-refractivity contribution in [2.45, 2.75) is 25.6 Å². The van der Waals surface area contributed by atoms with Crippen molar-refractivity contribution < 1.29 is 23.1 Å². The van der Waals surface area contributed by atoms with E-state index in [4.69, 9.17) is 5.11 Å². The summed E-state index contributed by atoms with van der Waals surface area (Å²) in [5.74, 6) is -1.15. The molecule has 0 fully saturated rings. The highest BCUT2D eigenvalue weighted by Crippen LogP contribution is 2.37. The number of fused-ring (bicyclic) bond motifs is 1. The van der Waals surface area contributed by atoms with Crippen LogP contribution in [0.15, 0.2) is 30.5 Å². The second-order valence-corrected chi connectivity index (χ2v) is 5.30. The van der Waals surface area contributed by atoms with Crippen LogP contribution in [0.5, 0.6) is 0 Å². The Kier molecular flexibility index (Phi) is 4.70. The highest BCUT2D eigenvalue weighted by atomic mass is 35.5. The molecule has 0 bridgehead atoms. The van der Waals surface area contributed by atoms with E-state index in [9.17, 15) is 18.0 Å². The maximum absolute atomic E-state index is 13.1. The molecule has 1 N–H and O–H groups in total. The Morgan fingerprint density at radius 1 is 1.30 bits per heavy atom. The number of rotatable bonds is 2. The van der Waals surface area contributed by atoms with Gasteiger partial charge in [-0.2, -0.15) is 13.2 Å². The highest BCUT2D eigenvalue weighted by molar-refractivity contribution is 5.85. The molecule has 0 radical (unpaired) electrons. The number of aliphatic carboxylic acids is 1. The summed E-state index contributed by atoms with van der Waals surface area (Å²) in [7, 11) is 0. The Morgan fingerprint density at radius 3 is 2.65 bits per heavy atom. The van der Waals surface area contributed by atoms with E-state index in [1.54, 1.807) is 4.57 Å². The number of carbonyl (C=O) groups is 1. The molecule has 3 rings (SSSR count). The van der Waals surface area contributed by atoms with Gasteiger partial charge in [0.15, 0.2) is 0 Å². The minimum atomic E-state index is -4.46. The molecule has 4 nitrogen and oxygen atoms in total. The molecule has 0 saturated carbocycles. The summed E-state index contributed by atoms with van der Waals surface area (Å²) in [5.41, 5.74) is -0.0515. The molecule has 8 heteroatoms. The number of aromatic nitrogens is 2. The molecule has 23 heavy (non-hydrogen) atoms. The lowest BCUT2D eigenvalue weighted by atomic mass is 9.96.